The summed E-state index contributed by atoms with van der Waals surface area (Å²) in [5.41, 5.74) is 0. The number of aromatic amines is 2. The van der Waals surface area contributed by atoms with E-state index < -0.39 is 0 Å². The van der Waals surface area contributed by atoms with Crippen LogP contribution in [0.4, 0.5) is 0 Å². The summed E-state index contributed by atoms with van der Waals surface area (Å²) in [7, 11) is 0. The van der Waals surface area contributed by atoms with Crippen LogP contribution in [0.25, 0.3) is 0 Å². The van der Waals surface area contributed by atoms with Gasteiger partial charge in [0.2, 0.25) is 12.7 Å². The van der Waals surface area contributed by atoms with Gasteiger partial charge in [-0.25, -0.2) is 9.13 Å². The second-order valence-corrected chi connectivity index (χ2v) is 3.05. The Morgan fingerprint density at radius 2 is 1.38 bits per heavy atom. The predicted octanol–water partition coefficient (Wildman–Crippen LogP) is 0.00810. The third kappa shape index (κ3) is 2.18. The normalized spacial score (nSPS) is 10.5. The fourth-order valence-corrected chi connectivity index (χ4v) is 1.36. The van der Waals surface area contributed by atoms with Crippen molar-refractivity contribution in [1.29, 1.82) is 0 Å². The van der Waals surface area contributed by atoms with Gasteiger partial charge >= 0.3 is 0 Å². The number of rotatable bonds is 4. The molecule has 4 nitrogen and oxygen atoms in total. The molecule has 0 radical (unpaired) electrons. The third-order valence-electron chi connectivity index (χ3n) is 2.04. The summed E-state index contributed by atoms with van der Waals surface area (Å²) >= 11 is 0. The van der Waals surface area contributed by atoms with Gasteiger partial charge in [-0.05, 0) is 0 Å². The number of nitrogens with one attached hydrogen (secondary N) is 2. The molecule has 0 aliphatic rings. The molecule has 0 saturated heterocycles. The van der Waals surface area contributed by atoms with Gasteiger partial charge < -0.3 is 0 Å². The topological polar surface area (TPSA) is 39.3 Å². The van der Waals surface area contributed by atoms with Crippen LogP contribution in [0.15, 0.2) is 37.4 Å². The number of aromatic nitrogens is 4. The quantitative estimate of drug-likeness (QED) is 0.619. The molecule has 0 spiro atoms. The predicted molar refractivity (Wildman–Crippen MR) is 46.6 cm³/mol. The molecular formula is C9H14N4+2. The Morgan fingerprint density at radius 3 is 1.77 bits per heavy atom. The van der Waals surface area contributed by atoms with Gasteiger partial charge in [0.25, 0.3) is 0 Å². The van der Waals surface area contributed by atoms with Crippen molar-refractivity contribution in [1.82, 2.24) is 9.97 Å². The van der Waals surface area contributed by atoms with Crippen LogP contribution in [-0.4, -0.2) is 9.97 Å². The van der Waals surface area contributed by atoms with Crippen molar-refractivity contribution in [3.8, 4) is 0 Å². The molecular weight excluding hydrogens is 164 g/mol. The second-order valence-electron chi connectivity index (χ2n) is 3.05. The number of aryl methyl sites for hydroxylation is 2. The van der Waals surface area contributed by atoms with Crippen LogP contribution in [-0.2, 0) is 13.1 Å². The number of hydrogen-bond donors (Lipinski definition) is 2. The second kappa shape index (κ2) is 3.89. The summed E-state index contributed by atoms with van der Waals surface area (Å²) in [6.45, 7) is 2.11. The van der Waals surface area contributed by atoms with E-state index in [0.29, 0.717) is 0 Å². The van der Waals surface area contributed by atoms with Gasteiger partial charge in [0.05, 0.1) is 13.1 Å². The van der Waals surface area contributed by atoms with E-state index >= 15 is 0 Å². The number of H-pyrrole nitrogens is 2. The first-order valence-corrected chi connectivity index (χ1v) is 4.49. The molecule has 0 aliphatic carbocycles. The molecule has 2 N–H and O–H groups in total. The zero-order chi connectivity index (χ0) is 8.93. The van der Waals surface area contributed by atoms with Crippen LogP contribution in [0.1, 0.15) is 6.42 Å². The highest BCUT2D eigenvalue weighted by Gasteiger charge is 1.99. The Balaban J connectivity index is 1.76. The molecule has 2 aromatic rings. The van der Waals surface area contributed by atoms with Gasteiger partial charge in [0.15, 0.2) is 0 Å². The van der Waals surface area contributed by atoms with E-state index in [4.69, 9.17) is 0 Å². The minimum Gasteiger partial charge on any atom is -0.250 e. The first kappa shape index (κ1) is 8.04. The van der Waals surface area contributed by atoms with E-state index in [9.17, 15) is 0 Å². The molecule has 0 aliphatic heterocycles. The maximum absolute atomic E-state index is 3.02. The van der Waals surface area contributed by atoms with Gasteiger partial charge in [0.1, 0.15) is 24.8 Å². The van der Waals surface area contributed by atoms with Crippen molar-refractivity contribution < 1.29 is 9.13 Å². The van der Waals surface area contributed by atoms with Crippen LogP contribution < -0.4 is 9.13 Å². The Morgan fingerprint density at radius 1 is 0.846 bits per heavy atom. The zero-order valence-electron chi connectivity index (χ0n) is 7.48. The van der Waals surface area contributed by atoms with Crippen molar-refractivity contribution in [2.45, 2.75) is 19.5 Å². The van der Waals surface area contributed by atoms with E-state index in [1.807, 2.05) is 37.4 Å². The molecule has 0 atom stereocenters. The fraction of sp³-hybridized carbons (Fsp3) is 0.333. The molecule has 2 rings (SSSR count). The lowest BCUT2D eigenvalue weighted by atomic mass is 10.4. The zero-order valence-corrected chi connectivity index (χ0v) is 7.48. The Labute approximate surface area is 76.9 Å². The molecule has 0 saturated carbocycles. The lowest BCUT2D eigenvalue weighted by Gasteiger charge is -1.94. The van der Waals surface area contributed by atoms with Gasteiger partial charge in [-0.1, -0.05) is 0 Å². The standard InChI is InChI=1S/C9H12N4/c1(4-12-6-2-10-8-12)5-13-7-3-11-9-13/h2-3,6-9H,1,4-5H2/p+2. The lowest BCUT2D eigenvalue weighted by molar-refractivity contribution is -0.725. The van der Waals surface area contributed by atoms with Gasteiger partial charge in [-0.3, -0.25) is 9.97 Å². The van der Waals surface area contributed by atoms with E-state index in [1.54, 1.807) is 0 Å². The van der Waals surface area contributed by atoms with Crippen molar-refractivity contribution in [3.63, 3.8) is 0 Å². The molecule has 13 heavy (non-hydrogen) atoms. The van der Waals surface area contributed by atoms with E-state index in [0.717, 1.165) is 19.5 Å². The molecule has 0 amide bonds. The van der Waals surface area contributed by atoms with E-state index in [-0.39, 0.29) is 0 Å². The molecule has 0 fully saturated rings. The molecule has 0 aromatic carbocycles. The van der Waals surface area contributed by atoms with Gasteiger partial charge in [-0.15, -0.1) is 0 Å². The maximum atomic E-state index is 3.02. The minimum absolute atomic E-state index is 1.06. The summed E-state index contributed by atoms with van der Waals surface area (Å²) in [4.78, 5) is 6.05. The van der Waals surface area contributed by atoms with E-state index in [2.05, 4.69) is 19.1 Å². The Kier molecular flexibility index (Phi) is 2.40. The SMILES string of the molecule is c1c[n+](CCC[n+]2cc[nH]c2)c[nH]1. The van der Waals surface area contributed by atoms with Crippen LogP contribution in [0, 0.1) is 0 Å². The summed E-state index contributed by atoms with van der Waals surface area (Å²) < 4.78 is 4.29. The van der Waals surface area contributed by atoms with Crippen LogP contribution in [0.5, 0.6) is 0 Å². The average molecular weight is 178 g/mol. The van der Waals surface area contributed by atoms with Crippen molar-refractivity contribution in [2.24, 2.45) is 0 Å². The minimum atomic E-state index is 1.06. The summed E-state index contributed by atoms with van der Waals surface area (Å²) in [6, 6.07) is 0. The van der Waals surface area contributed by atoms with Gasteiger partial charge in [-0.2, -0.15) is 0 Å². The molecule has 2 aromatic heterocycles. The Bertz CT molecular complexity index is 288. The third-order valence-corrected chi connectivity index (χ3v) is 2.04. The molecule has 4 heteroatoms. The van der Waals surface area contributed by atoms with Crippen LogP contribution >= 0.6 is 0 Å². The number of hydrogen-bond acceptors (Lipinski definition) is 0. The summed E-state index contributed by atoms with van der Waals surface area (Å²) in [6.07, 6.45) is 13.0. The van der Waals surface area contributed by atoms with E-state index in [1.165, 1.54) is 0 Å². The Hall–Kier alpha value is -1.58. The molecule has 2 heterocycles. The summed E-state index contributed by atoms with van der Waals surface area (Å²) in [5, 5.41) is 0. The average Bonchev–Trinajstić information content (AvgIpc) is 2.75. The van der Waals surface area contributed by atoms with Crippen LogP contribution in [0.3, 0.4) is 0 Å². The highest BCUT2D eigenvalue weighted by Crippen LogP contribution is 1.80. The molecule has 0 unspecified atom stereocenters. The highest BCUT2D eigenvalue weighted by atomic mass is 15.0. The largest absolute Gasteiger partial charge is 0.250 e. The fourth-order valence-electron chi connectivity index (χ4n) is 1.36. The smallest absolute Gasteiger partial charge is 0.241 e. The lowest BCUT2D eigenvalue weighted by Crippen LogP contribution is -2.36. The molecule has 68 valence electrons. The van der Waals surface area contributed by atoms with Crippen molar-refractivity contribution >= 4 is 0 Å². The monoisotopic (exact) mass is 178 g/mol. The highest BCUT2D eigenvalue weighted by molar-refractivity contribution is 4.56. The first-order chi connectivity index (χ1) is 6.45. The summed E-state index contributed by atoms with van der Waals surface area (Å²) in [5.74, 6) is 0. The maximum Gasteiger partial charge on any atom is 0.241 e. The first-order valence-electron chi connectivity index (χ1n) is 4.49. The number of imidazole rings is 2. The van der Waals surface area contributed by atoms with Gasteiger partial charge in [0, 0.05) is 6.42 Å². The van der Waals surface area contributed by atoms with Crippen molar-refractivity contribution in [2.75, 3.05) is 0 Å². The number of nitrogens with zero attached hydrogens (tertiary/aromatic N) is 2. The van der Waals surface area contributed by atoms with Crippen molar-refractivity contribution in [3.05, 3.63) is 37.4 Å². The van der Waals surface area contributed by atoms with Crippen LogP contribution in [0.2, 0.25) is 0 Å². The molecule has 0 bridgehead atoms.